The van der Waals surface area contributed by atoms with Gasteiger partial charge in [-0.25, -0.2) is 9.97 Å². The van der Waals surface area contributed by atoms with E-state index < -0.39 is 4.92 Å². The topological polar surface area (TPSA) is 94.2 Å². The molecule has 0 N–H and O–H groups in total. The minimum Gasteiger partial charge on any atom is -0.361 e. The van der Waals surface area contributed by atoms with E-state index in [9.17, 15) is 14.9 Å². The first kappa shape index (κ1) is 19.3. The van der Waals surface area contributed by atoms with Gasteiger partial charge in [-0.15, -0.1) is 11.3 Å². The Balaban J connectivity index is 1.72. The number of benzene rings is 1. The first-order valence-corrected chi connectivity index (χ1v) is 10.2. The number of nitro benzene ring substituents is 1. The number of hydrogen-bond donors (Lipinski definition) is 0. The summed E-state index contributed by atoms with van der Waals surface area (Å²) in [6.45, 7) is 1.99. The number of aryl methyl sites for hydroxylation is 3. The second-order valence-electron chi connectivity index (χ2n) is 7.21. The molecule has 0 saturated heterocycles. The summed E-state index contributed by atoms with van der Waals surface area (Å²) in [5.74, 6) is -0.0923. The Morgan fingerprint density at radius 1 is 1.41 bits per heavy atom. The Labute approximate surface area is 172 Å². The molecule has 150 valence electrons. The van der Waals surface area contributed by atoms with Crippen molar-refractivity contribution in [3.8, 4) is 0 Å². The van der Waals surface area contributed by atoms with Crippen LogP contribution in [0.1, 0.15) is 50.6 Å². The van der Waals surface area contributed by atoms with Crippen molar-refractivity contribution >= 4 is 28.5 Å². The largest absolute Gasteiger partial charge is 0.361 e. The summed E-state index contributed by atoms with van der Waals surface area (Å²) in [6.07, 6.45) is 6.05. The van der Waals surface area contributed by atoms with E-state index in [-0.39, 0.29) is 28.9 Å². The van der Waals surface area contributed by atoms with Crippen molar-refractivity contribution in [2.45, 2.75) is 32.2 Å². The number of aromatic nitrogens is 3. The summed E-state index contributed by atoms with van der Waals surface area (Å²) in [7, 11) is 3.59. The Morgan fingerprint density at radius 3 is 2.90 bits per heavy atom. The van der Waals surface area contributed by atoms with Gasteiger partial charge in [-0.3, -0.25) is 14.9 Å². The molecule has 0 amide bonds. The summed E-state index contributed by atoms with van der Waals surface area (Å²) >= 11 is 1.66. The number of nitro groups is 1. The second-order valence-corrected chi connectivity index (χ2v) is 8.45. The van der Waals surface area contributed by atoms with Crippen LogP contribution in [0.15, 0.2) is 30.6 Å². The van der Waals surface area contributed by atoms with E-state index in [0.29, 0.717) is 5.69 Å². The SMILES string of the molecule is Cc1nc2c(s1)C(N(C)c1ccc(C(=O)c3nccn3C)cc1[N+](=O)[O-])CCC2. The Bertz CT molecular complexity index is 1100. The third-order valence-corrected chi connectivity index (χ3v) is 6.45. The van der Waals surface area contributed by atoms with Gasteiger partial charge < -0.3 is 9.47 Å². The van der Waals surface area contributed by atoms with Crippen LogP contribution in [0.25, 0.3) is 0 Å². The molecule has 0 aliphatic heterocycles. The molecule has 1 atom stereocenters. The highest BCUT2D eigenvalue weighted by Crippen LogP contribution is 2.41. The van der Waals surface area contributed by atoms with Crippen LogP contribution in [0, 0.1) is 17.0 Å². The van der Waals surface area contributed by atoms with Gasteiger partial charge in [-0.05, 0) is 38.3 Å². The standard InChI is InChI=1S/C20H21N5O3S/c1-12-22-14-5-4-6-16(19(14)29-12)24(3)15-8-7-13(11-17(15)25(27)28)18(26)20-21-9-10-23(20)2/h7-11,16H,4-6H2,1-3H3. The van der Waals surface area contributed by atoms with Crippen molar-refractivity contribution in [3.05, 3.63) is 67.7 Å². The van der Waals surface area contributed by atoms with Gasteiger partial charge >= 0.3 is 0 Å². The summed E-state index contributed by atoms with van der Waals surface area (Å²) < 4.78 is 1.60. The lowest BCUT2D eigenvalue weighted by atomic mass is 9.96. The predicted octanol–water partition coefficient (Wildman–Crippen LogP) is 3.84. The molecule has 0 bridgehead atoms. The Morgan fingerprint density at radius 2 is 2.21 bits per heavy atom. The number of carbonyl (C=O) groups excluding carboxylic acids is 1. The molecule has 4 rings (SSSR count). The maximum atomic E-state index is 12.7. The van der Waals surface area contributed by atoms with E-state index in [2.05, 4.69) is 9.97 Å². The molecule has 0 saturated carbocycles. The van der Waals surface area contributed by atoms with Crippen LogP contribution in [0.5, 0.6) is 0 Å². The van der Waals surface area contributed by atoms with Gasteiger partial charge in [0.25, 0.3) is 5.69 Å². The average Bonchev–Trinajstić information content (AvgIpc) is 3.30. The van der Waals surface area contributed by atoms with Crippen LogP contribution < -0.4 is 4.90 Å². The molecule has 1 aromatic carbocycles. The number of fused-ring (bicyclic) bond motifs is 1. The Hall–Kier alpha value is -3.07. The normalized spacial score (nSPS) is 15.8. The van der Waals surface area contributed by atoms with Crippen molar-refractivity contribution in [2.75, 3.05) is 11.9 Å². The number of rotatable bonds is 5. The zero-order chi connectivity index (χ0) is 20.7. The number of thiazole rings is 1. The molecular weight excluding hydrogens is 390 g/mol. The molecule has 1 aliphatic rings. The smallest absolute Gasteiger partial charge is 0.293 e. The minimum absolute atomic E-state index is 0.0414. The molecule has 8 nitrogen and oxygen atoms in total. The minimum atomic E-state index is -0.428. The molecule has 1 aliphatic carbocycles. The van der Waals surface area contributed by atoms with Crippen molar-refractivity contribution < 1.29 is 9.72 Å². The van der Waals surface area contributed by atoms with E-state index in [1.807, 2.05) is 18.9 Å². The van der Waals surface area contributed by atoms with Gasteiger partial charge in [-0.2, -0.15) is 0 Å². The highest BCUT2D eigenvalue weighted by Gasteiger charge is 2.31. The molecule has 29 heavy (non-hydrogen) atoms. The third kappa shape index (κ3) is 3.42. The maximum Gasteiger partial charge on any atom is 0.293 e. The molecule has 0 radical (unpaired) electrons. The maximum absolute atomic E-state index is 12.7. The number of carbonyl (C=O) groups is 1. The van der Waals surface area contributed by atoms with Gasteiger partial charge in [0.05, 0.1) is 26.5 Å². The third-order valence-electron chi connectivity index (χ3n) is 5.33. The summed E-state index contributed by atoms with van der Waals surface area (Å²) in [5, 5.41) is 12.8. The lowest BCUT2D eigenvalue weighted by molar-refractivity contribution is -0.384. The predicted molar refractivity (Wildman–Crippen MR) is 111 cm³/mol. The first-order valence-electron chi connectivity index (χ1n) is 9.36. The lowest BCUT2D eigenvalue weighted by Crippen LogP contribution is -2.27. The van der Waals surface area contributed by atoms with Crippen molar-refractivity contribution in [2.24, 2.45) is 7.05 Å². The average molecular weight is 411 g/mol. The molecule has 1 unspecified atom stereocenters. The van der Waals surface area contributed by atoms with Crippen molar-refractivity contribution in [3.63, 3.8) is 0 Å². The van der Waals surface area contributed by atoms with Crippen molar-refractivity contribution in [1.29, 1.82) is 0 Å². The van der Waals surface area contributed by atoms with Gasteiger partial charge in [0, 0.05) is 38.1 Å². The fraction of sp³-hybridized carbons (Fsp3) is 0.350. The van der Waals surface area contributed by atoms with Crippen LogP contribution in [-0.4, -0.2) is 32.3 Å². The second kappa shape index (κ2) is 7.40. The number of ketones is 1. The van der Waals surface area contributed by atoms with Gasteiger partial charge in [0.15, 0.2) is 5.82 Å². The molecule has 3 aromatic rings. The summed E-state index contributed by atoms with van der Waals surface area (Å²) in [5.41, 5.74) is 1.76. The first-order chi connectivity index (χ1) is 13.9. The zero-order valence-corrected chi connectivity index (χ0v) is 17.3. The van der Waals surface area contributed by atoms with E-state index >= 15 is 0 Å². The molecular formula is C20H21N5O3S. The van der Waals surface area contributed by atoms with Crippen molar-refractivity contribution in [1.82, 2.24) is 14.5 Å². The van der Waals surface area contributed by atoms with Crippen LogP contribution >= 0.6 is 11.3 Å². The van der Waals surface area contributed by atoms with E-state index in [0.717, 1.165) is 30.0 Å². The Kier molecular flexibility index (Phi) is 4.91. The number of hydrogen-bond acceptors (Lipinski definition) is 7. The molecule has 9 heteroatoms. The summed E-state index contributed by atoms with van der Waals surface area (Å²) in [6, 6.07) is 4.69. The summed E-state index contributed by atoms with van der Waals surface area (Å²) in [4.78, 5) is 35.9. The molecule has 0 fully saturated rings. The molecule has 0 spiro atoms. The van der Waals surface area contributed by atoms with E-state index in [1.165, 1.54) is 17.1 Å². The highest BCUT2D eigenvalue weighted by atomic mass is 32.1. The fourth-order valence-electron chi connectivity index (χ4n) is 3.88. The van der Waals surface area contributed by atoms with Gasteiger partial charge in [0.1, 0.15) is 5.69 Å². The lowest BCUT2D eigenvalue weighted by Gasteiger charge is -2.32. The number of nitrogens with zero attached hydrogens (tertiary/aromatic N) is 5. The monoisotopic (exact) mass is 411 g/mol. The van der Waals surface area contributed by atoms with Gasteiger partial charge in [-0.1, -0.05) is 0 Å². The van der Waals surface area contributed by atoms with Crippen LogP contribution in [0.2, 0.25) is 0 Å². The van der Waals surface area contributed by atoms with Crippen LogP contribution in [0.4, 0.5) is 11.4 Å². The fourth-order valence-corrected chi connectivity index (χ4v) is 5.03. The van der Waals surface area contributed by atoms with E-state index in [4.69, 9.17) is 0 Å². The molecule has 2 heterocycles. The molecule has 2 aromatic heterocycles. The van der Waals surface area contributed by atoms with Crippen LogP contribution in [0.3, 0.4) is 0 Å². The van der Waals surface area contributed by atoms with Gasteiger partial charge in [0.2, 0.25) is 5.78 Å². The number of imidazole rings is 1. The van der Waals surface area contributed by atoms with Crippen LogP contribution in [-0.2, 0) is 13.5 Å². The zero-order valence-electron chi connectivity index (χ0n) is 16.5. The van der Waals surface area contributed by atoms with E-state index in [1.54, 1.807) is 41.3 Å². The highest BCUT2D eigenvalue weighted by molar-refractivity contribution is 7.11. The quantitative estimate of drug-likeness (QED) is 0.360. The number of anilines is 1.